The maximum Gasteiger partial charge on any atom is 0.303 e. The molecule has 4 aliphatic rings. The van der Waals surface area contributed by atoms with Crippen molar-refractivity contribution in [2.45, 2.75) is 49.8 Å². The van der Waals surface area contributed by atoms with Gasteiger partial charge in [-0.15, -0.1) is 0 Å². The third-order valence-electron chi connectivity index (χ3n) is 6.65. The summed E-state index contributed by atoms with van der Waals surface area (Å²) in [4.78, 5) is 1.25. The van der Waals surface area contributed by atoms with Gasteiger partial charge in [0, 0.05) is 12.8 Å². The minimum Gasteiger partial charge on any atom is -0.619 e. The SMILES string of the molecule is [O-][N+]1=C2CCc3nonc3[C@@]2(O)[C@@H]2CCCC[C@@]21[NH+]1CCOCC1. The van der Waals surface area contributed by atoms with Crippen molar-refractivity contribution >= 4 is 5.71 Å². The van der Waals surface area contributed by atoms with Gasteiger partial charge >= 0.3 is 5.66 Å². The molecule has 0 unspecified atom stereocenters. The normalized spacial score (nSPS) is 39.5. The Morgan fingerprint density at radius 2 is 2.04 bits per heavy atom. The Morgan fingerprint density at radius 1 is 1.21 bits per heavy atom. The third kappa shape index (κ3) is 1.61. The fourth-order valence-electron chi connectivity index (χ4n) is 5.66. The molecule has 3 atom stereocenters. The number of fused-ring (bicyclic) bond motifs is 5. The molecule has 130 valence electrons. The van der Waals surface area contributed by atoms with Crippen LogP contribution >= 0.6 is 0 Å². The molecule has 1 saturated carbocycles. The second-order valence-corrected chi connectivity index (χ2v) is 7.51. The lowest BCUT2D eigenvalue weighted by molar-refractivity contribution is -1.05. The summed E-state index contributed by atoms with van der Waals surface area (Å²) < 4.78 is 11.6. The van der Waals surface area contributed by atoms with E-state index in [9.17, 15) is 10.3 Å². The first-order valence-corrected chi connectivity index (χ1v) is 9.00. The molecule has 1 aromatic heterocycles. The van der Waals surface area contributed by atoms with Gasteiger partial charge in [-0.3, -0.25) is 4.90 Å². The minimum absolute atomic E-state index is 0.162. The number of hydrogen-bond donors (Lipinski definition) is 2. The zero-order chi connectivity index (χ0) is 16.4. The van der Waals surface area contributed by atoms with Gasteiger partial charge in [0.15, 0.2) is 5.69 Å². The zero-order valence-electron chi connectivity index (χ0n) is 13.7. The quantitative estimate of drug-likeness (QED) is 0.503. The smallest absolute Gasteiger partial charge is 0.303 e. The maximum absolute atomic E-state index is 13.5. The molecule has 2 aliphatic carbocycles. The molecule has 5 rings (SSSR count). The first kappa shape index (κ1) is 14.8. The lowest BCUT2D eigenvalue weighted by atomic mass is 9.66. The lowest BCUT2D eigenvalue weighted by Crippen LogP contribution is -3.24. The Balaban J connectivity index is 1.69. The number of aryl methyl sites for hydroxylation is 1. The number of nitrogens with one attached hydrogen (secondary N) is 1. The van der Waals surface area contributed by atoms with Crippen LogP contribution in [0.5, 0.6) is 0 Å². The van der Waals surface area contributed by atoms with Crippen molar-refractivity contribution in [1.29, 1.82) is 0 Å². The number of ether oxygens (including phenoxy) is 1. The highest BCUT2D eigenvalue weighted by Gasteiger charge is 2.74. The molecule has 2 fully saturated rings. The van der Waals surface area contributed by atoms with Gasteiger partial charge in [-0.05, 0) is 12.8 Å². The molecule has 1 saturated heterocycles. The van der Waals surface area contributed by atoms with Gasteiger partial charge in [0.1, 0.15) is 24.7 Å². The second kappa shape index (κ2) is 5.00. The maximum atomic E-state index is 13.5. The summed E-state index contributed by atoms with van der Waals surface area (Å²) in [6.07, 6.45) is 4.82. The van der Waals surface area contributed by atoms with E-state index >= 15 is 0 Å². The van der Waals surface area contributed by atoms with Crippen LogP contribution in [-0.4, -0.2) is 57.8 Å². The molecule has 8 heteroatoms. The topological polar surface area (TPSA) is 98.9 Å². The molecular weight excluding hydrogens is 312 g/mol. The number of nitrogens with zero attached hydrogens (tertiary/aromatic N) is 3. The van der Waals surface area contributed by atoms with Crippen LogP contribution in [0, 0.1) is 11.1 Å². The van der Waals surface area contributed by atoms with E-state index in [1.54, 1.807) is 0 Å². The molecule has 2 aliphatic heterocycles. The van der Waals surface area contributed by atoms with Crippen molar-refractivity contribution in [3.63, 3.8) is 0 Å². The number of rotatable bonds is 1. The van der Waals surface area contributed by atoms with Gasteiger partial charge in [-0.2, -0.15) is 4.74 Å². The lowest BCUT2D eigenvalue weighted by Gasteiger charge is -2.44. The summed E-state index contributed by atoms with van der Waals surface area (Å²) in [6.45, 7) is 2.95. The van der Waals surface area contributed by atoms with Crippen LogP contribution in [-0.2, 0) is 16.8 Å². The highest BCUT2D eigenvalue weighted by Crippen LogP contribution is 2.52. The number of aliphatic hydroxyl groups is 1. The molecular formula is C16H23N4O4+. The van der Waals surface area contributed by atoms with Crippen molar-refractivity contribution in [1.82, 2.24) is 10.3 Å². The minimum atomic E-state index is -1.32. The Bertz CT molecular complexity index is 698. The molecule has 0 aromatic carbocycles. The number of quaternary nitrogens is 1. The molecule has 0 spiro atoms. The van der Waals surface area contributed by atoms with Crippen LogP contribution in [0.2, 0.25) is 0 Å². The Labute approximate surface area is 139 Å². The summed E-state index contributed by atoms with van der Waals surface area (Å²) in [5.74, 6) is -0.162. The van der Waals surface area contributed by atoms with Crippen LogP contribution in [0.25, 0.3) is 0 Å². The van der Waals surface area contributed by atoms with E-state index in [1.165, 1.54) is 9.64 Å². The average Bonchev–Trinajstić information content (AvgIpc) is 3.18. The number of aromatic nitrogens is 2. The van der Waals surface area contributed by atoms with Crippen LogP contribution in [0.1, 0.15) is 43.5 Å². The summed E-state index contributed by atoms with van der Waals surface area (Å²) in [6, 6.07) is 0. The first-order valence-electron chi connectivity index (χ1n) is 9.00. The Morgan fingerprint density at radius 3 is 2.88 bits per heavy atom. The van der Waals surface area contributed by atoms with Crippen molar-refractivity contribution < 1.29 is 24.1 Å². The summed E-state index contributed by atoms with van der Waals surface area (Å²) in [5, 5.41) is 33.2. The molecule has 8 nitrogen and oxygen atoms in total. The first-order chi connectivity index (χ1) is 11.7. The number of morpholine rings is 1. The van der Waals surface area contributed by atoms with Crippen molar-refractivity contribution in [2.24, 2.45) is 5.92 Å². The van der Waals surface area contributed by atoms with Gasteiger partial charge in [-0.25, -0.2) is 4.63 Å². The van der Waals surface area contributed by atoms with E-state index in [4.69, 9.17) is 9.37 Å². The molecule has 1 aromatic rings. The fourth-order valence-corrected chi connectivity index (χ4v) is 5.66. The molecule has 0 amide bonds. The molecule has 0 radical (unpaired) electrons. The summed E-state index contributed by atoms with van der Waals surface area (Å²) in [7, 11) is 0. The van der Waals surface area contributed by atoms with Gasteiger partial charge in [0.25, 0.3) is 0 Å². The van der Waals surface area contributed by atoms with Gasteiger partial charge < -0.3 is 15.1 Å². The van der Waals surface area contributed by atoms with Crippen molar-refractivity contribution in [2.75, 3.05) is 26.3 Å². The fraction of sp³-hybridized carbons (Fsp3) is 0.812. The Kier molecular flexibility index (Phi) is 3.08. The van der Waals surface area contributed by atoms with Gasteiger partial charge in [0.05, 0.1) is 19.6 Å². The second-order valence-electron chi connectivity index (χ2n) is 7.51. The predicted molar refractivity (Wildman–Crippen MR) is 81.4 cm³/mol. The molecule has 0 bridgehead atoms. The van der Waals surface area contributed by atoms with Crippen molar-refractivity contribution in [3.05, 3.63) is 16.6 Å². The predicted octanol–water partition coefficient (Wildman–Crippen LogP) is -1.03. The standard InChI is InChI=1S/C16H22N4O4/c21-16-12-3-1-2-6-15(12,19-7-9-23-10-8-19)20(22)13(16)5-4-11-14(16)18-24-17-11/h12,21H,1-10H2/p+1/t12-,15+,16-/m1/s1. The zero-order valence-corrected chi connectivity index (χ0v) is 13.7. The summed E-state index contributed by atoms with van der Waals surface area (Å²) in [5.41, 5.74) is -0.177. The number of hydroxylamine groups is 1. The highest BCUT2D eigenvalue weighted by atomic mass is 16.6. The van der Waals surface area contributed by atoms with E-state index in [1.807, 2.05) is 0 Å². The van der Waals surface area contributed by atoms with E-state index in [-0.39, 0.29) is 5.92 Å². The monoisotopic (exact) mass is 335 g/mol. The van der Waals surface area contributed by atoms with Crippen molar-refractivity contribution in [3.8, 4) is 0 Å². The largest absolute Gasteiger partial charge is 0.619 e. The van der Waals surface area contributed by atoms with Gasteiger partial charge in [-0.1, -0.05) is 16.7 Å². The molecule has 24 heavy (non-hydrogen) atoms. The third-order valence-corrected chi connectivity index (χ3v) is 6.65. The van der Waals surface area contributed by atoms with Crippen LogP contribution < -0.4 is 4.90 Å². The summed E-state index contributed by atoms with van der Waals surface area (Å²) >= 11 is 0. The average molecular weight is 335 g/mol. The van der Waals surface area contributed by atoms with Crippen LogP contribution in [0.4, 0.5) is 0 Å². The molecule has 2 N–H and O–H groups in total. The highest BCUT2D eigenvalue weighted by molar-refractivity contribution is 5.92. The van der Waals surface area contributed by atoms with E-state index in [0.29, 0.717) is 43.2 Å². The van der Waals surface area contributed by atoms with E-state index in [0.717, 1.165) is 38.8 Å². The van der Waals surface area contributed by atoms with Crippen LogP contribution in [0.3, 0.4) is 0 Å². The van der Waals surface area contributed by atoms with E-state index < -0.39 is 11.3 Å². The van der Waals surface area contributed by atoms with Gasteiger partial charge in [0.2, 0.25) is 11.3 Å². The van der Waals surface area contributed by atoms with Crippen LogP contribution in [0.15, 0.2) is 4.63 Å². The number of hydrogen-bond acceptors (Lipinski definition) is 6. The Hall–Kier alpha value is -1.51. The molecule has 3 heterocycles. The van der Waals surface area contributed by atoms with E-state index in [2.05, 4.69) is 10.3 Å².